The van der Waals surface area contributed by atoms with Crippen molar-refractivity contribution in [2.75, 3.05) is 20.2 Å². The molecule has 2 N–H and O–H groups in total. The fraction of sp³-hybridized carbons (Fsp3) is 0.533. The molecular weight excluding hydrogens is 240 g/mol. The third-order valence-corrected chi connectivity index (χ3v) is 3.02. The number of carbonyl (C=O) groups excluding carboxylic acids is 1. The Morgan fingerprint density at radius 2 is 1.89 bits per heavy atom. The monoisotopic (exact) mass is 264 g/mol. The van der Waals surface area contributed by atoms with E-state index in [1.54, 1.807) is 11.9 Å². The summed E-state index contributed by atoms with van der Waals surface area (Å²) in [5.74, 6) is 0.810. The number of hydrogen-bond donors (Lipinski definition) is 1. The first-order chi connectivity index (χ1) is 8.93. The fourth-order valence-electron chi connectivity index (χ4n) is 1.88. The minimum absolute atomic E-state index is 0.0356. The molecule has 0 saturated heterocycles. The van der Waals surface area contributed by atoms with Crippen LogP contribution in [0.15, 0.2) is 18.2 Å². The topological polar surface area (TPSA) is 55.6 Å². The molecule has 0 aromatic heterocycles. The summed E-state index contributed by atoms with van der Waals surface area (Å²) in [4.78, 5) is 13.4. The highest BCUT2D eigenvalue weighted by Crippen LogP contribution is 2.16. The largest absolute Gasteiger partial charge is 0.492 e. The zero-order valence-corrected chi connectivity index (χ0v) is 12.3. The molecular formula is C15H24N2O2. The standard InChI is InChI=1S/C15H24N2O2/c1-5-14(16)15(18)17(4)6-7-19-13-9-11(2)8-12(3)10-13/h8-10,14H,5-7,16H2,1-4H3/t14-/m1/s1. The molecule has 0 radical (unpaired) electrons. The summed E-state index contributed by atoms with van der Waals surface area (Å²) in [6, 6.07) is 5.67. The van der Waals surface area contributed by atoms with E-state index in [0.29, 0.717) is 19.6 Å². The van der Waals surface area contributed by atoms with E-state index in [1.807, 2.05) is 32.9 Å². The van der Waals surface area contributed by atoms with Gasteiger partial charge in [-0.25, -0.2) is 0 Å². The molecule has 106 valence electrons. The predicted octanol–water partition coefficient (Wildman–Crippen LogP) is 1.88. The second kappa shape index (κ2) is 7.14. The minimum atomic E-state index is -0.411. The van der Waals surface area contributed by atoms with Crippen LogP contribution in [0.4, 0.5) is 0 Å². The van der Waals surface area contributed by atoms with Crippen LogP contribution in [0, 0.1) is 13.8 Å². The number of hydrogen-bond acceptors (Lipinski definition) is 3. The lowest BCUT2D eigenvalue weighted by Crippen LogP contribution is -2.42. The molecule has 1 amide bonds. The van der Waals surface area contributed by atoms with Crippen molar-refractivity contribution in [1.82, 2.24) is 4.90 Å². The van der Waals surface area contributed by atoms with Crippen molar-refractivity contribution >= 4 is 5.91 Å². The fourth-order valence-corrected chi connectivity index (χ4v) is 1.88. The van der Waals surface area contributed by atoms with Gasteiger partial charge in [-0.05, 0) is 43.5 Å². The molecule has 0 aliphatic rings. The Bertz CT molecular complexity index is 412. The summed E-state index contributed by atoms with van der Waals surface area (Å²) < 4.78 is 5.67. The normalized spacial score (nSPS) is 12.1. The van der Waals surface area contributed by atoms with Crippen molar-refractivity contribution in [3.8, 4) is 5.75 Å². The summed E-state index contributed by atoms with van der Waals surface area (Å²) in [5, 5.41) is 0. The smallest absolute Gasteiger partial charge is 0.239 e. The zero-order valence-electron chi connectivity index (χ0n) is 12.3. The van der Waals surface area contributed by atoms with E-state index in [0.717, 1.165) is 5.75 Å². The van der Waals surface area contributed by atoms with Gasteiger partial charge in [0.2, 0.25) is 5.91 Å². The van der Waals surface area contributed by atoms with Gasteiger partial charge in [-0.2, -0.15) is 0 Å². The van der Waals surface area contributed by atoms with Crippen molar-refractivity contribution in [3.63, 3.8) is 0 Å². The molecule has 1 atom stereocenters. The number of nitrogens with two attached hydrogens (primary N) is 1. The number of benzene rings is 1. The Morgan fingerprint density at radius 1 is 1.32 bits per heavy atom. The predicted molar refractivity (Wildman–Crippen MR) is 77.3 cm³/mol. The van der Waals surface area contributed by atoms with Gasteiger partial charge in [0, 0.05) is 7.05 Å². The minimum Gasteiger partial charge on any atom is -0.492 e. The van der Waals surface area contributed by atoms with E-state index < -0.39 is 6.04 Å². The van der Waals surface area contributed by atoms with Gasteiger partial charge in [-0.1, -0.05) is 13.0 Å². The number of amides is 1. The van der Waals surface area contributed by atoms with Gasteiger partial charge in [0.25, 0.3) is 0 Å². The highest BCUT2D eigenvalue weighted by molar-refractivity contribution is 5.81. The van der Waals surface area contributed by atoms with E-state index in [1.165, 1.54) is 11.1 Å². The van der Waals surface area contributed by atoms with E-state index in [9.17, 15) is 4.79 Å². The molecule has 0 aliphatic carbocycles. The van der Waals surface area contributed by atoms with Gasteiger partial charge >= 0.3 is 0 Å². The first-order valence-corrected chi connectivity index (χ1v) is 6.65. The van der Waals surface area contributed by atoms with Crippen LogP contribution in [0.2, 0.25) is 0 Å². The third kappa shape index (κ3) is 4.91. The number of likely N-dealkylation sites (N-methyl/N-ethyl adjacent to an activating group) is 1. The maximum atomic E-state index is 11.8. The number of rotatable bonds is 6. The van der Waals surface area contributed by atoms with Crippen LogP contribution >= 0.6 is 0 Å². The van der Waals surface area contributed by atoms with Crippen LogP contribution in [-0.4, -0.2) is 37.0 Å². The second-order valence-corrected chi connectivity index (χ2v) is 4.95. The summed E-state index contributed by atoms with van der Waals surface area (Å²) >= 11 is 0. The SMILES string of the molecule is CC[C@@H](N)C(=O)N(C)CCOc1cc(C)cc(C)c1. The first-order valence-electron chi connectivity index (χ1n) is 6.65. The summed E-state index contributed by atoms with van der Waals surface area (Å²) in [5.41, 5.74) is 8.06. The second-order valence-electron chi connectivity index (χ2n) is 4.95. The lowest BCUT2D eigenvalue weighted by atomic mass is 10.1. The molecule has 0 aliphatic heterocycles. The van der Waals surface area contributed by atoms with Crippen molar-refractivity contribution in [3.05, 3.63) is 29.3 Å². The van der Waals surface area contributed by atoms with Crippen LogP contribution in [0.25, 0.3) is 0 Å². The van der Waals surface area contributed by atoms with Gasteiger partial charge in [-0.15, -0.1) is 0 Å². The Morgan fingerprint density at radius 3 is 2.42 bits per heavy atom. The van der Waals surface area contributed by atoms with Gasteiger partial charge in [-0.3, -0.25) is 4.79 Å². The molecule has 0 spiro atoms. The van der Waals surface area contributed by atoms with E-state index in [-0.39, 0.29) is 5.91 Å². The van der Waals surface area contributed by atoms with E-state index >= 15 is 0 Å². The van der Waals surface area contributed by atoms with Crippen molar-refractivity contribution < 1.29 is 9.53 Å². The van der Waals surface area contributed by atoms with Gasteiger partial charge in [0.1, 0.15) is 12.4 Å². The number of aryl methyl sites for hydroxylation is 2. The van der Waals surface area contributed by atoms with Crippen molar-refractivity contribution in [2.24, 2.45) is 5.73 Å². The van der Waals surface area contributed by atoms with Crippen LogP contribution < -0.4 is 10.5 Å². The van der Waals surface area contributed by atoms with Crippen LogP contribution in [0.3, 0.4) is 0 Å². The van der Waals surface area contributed by atoms with Crippen LogP contribution in [0.1, 0.15) is 24.5 Å². The molecule has 0 heterocycles. The maximum absolute atomic E-state index is 11.8. The van der Waals surface area contributed by atoms with Crippen LogP contribution in [0.5, 0.6) is 5.75 Å². The van der Waals surface area contributed by atoms with Crippen molar-refractivity contribution in [2.45, 2.75) is 33.2 Å². The number of nitrogens with zero attached hydrogens (tertiary/aromatic N) is 1. The zero-order chi connectivity index (χ0) is 14.4. The summed E-state index contributed by atoms with van der Waals surface area (Å²) in [6.45, 7) is 7.00. The summed E-state index contributed by atoms with van der Waals surface area (Å²) in [6.07, 6.45) is 0.654. The Balaban J connectivity index is 2.43. The number of carbonyl (C=O) groups is 1. The van der Waals surface area contributed by atoms with E-state index in [2.05, 4.69) is 6.07 Å². The lowest BCUT2D eigenvalue weighted by molar-refractivity contribution is -0.131. The highest BCUT2D eigenvalue weighted by atomic mass is 16.5. The molecule has 1 rings (SSSR count). The quantitative estimate of drug-likeness (QED) is 0.853. The highest BCUT2D eigenvalue weighted by Gasteiger charge is 2.15. The average molecular weight is 264 g/mol. The third-order valence-electron chi connectivity index (χ3n) is 3.02. The number of ether oxygens (including phenoxy) is 1. The van der Waals surface area contributed by atoms with Gasteiger partial charge in [0.05, 0.1) is 12.6 Å². The van der Waals surface area contributed by atoms with Gasteiger partial charge in [0.15, 0.2) is 0 Å². The Hall–Kier alpha value is -1.55. The molecule has 4 nitrogen and oxygen atoms in total. The Kier molecular flexibility index (Phi) is 5.83. The molecule has 1 aromatic rings. The molecule has 19 heavy (non-hydrogen) atoms. The molecule has 0 bridgehead atoms. The molecule has 0 unspecified atom stereocenters. The van der Waals surface area contributed by atoms with Gasteiger partial charge < -0.3 is 15.4 Å². The lowest BCUT2D eigenvalue weighted by Gasteiger charge is -2.20. The summed E-state index contributed by atoms with van der Waals surface area (Å²) in [7, 11) is 1.75. The molecule has 0 saturated carbocycles. The molecule has 4 heteroatoms. The average Bonchev–Trinajstić information content (AvgIpc) is 2.35. The van der Waals surface area contributed by atoms with E-state index in [4.69, 9.17) is 10.5 Å². The first kappa shape index (κ1) is 15.5. The molecule has 1 aromatic carbocycles. The van der Waals surface area contributed by atoms with Crippen molar-refractivity contribution in [1.29, 1.82) is 0 Å². The Labute approximate surface area is 115 Å². The van der Waals surface area contributed by atoms with Crippen LogP contribution in [-0.2, 0) is 4.79 Å². The molecule has 0 fully saturated rings. The maximum Gasteiger partial charge on any atom is 0.239 e.